The van der Waals surface area contributed by atoms with E-state index in [0.29, 0.717) is 17.9 Å². The van der Waals surface area contributed by atoms with E-state index < -0.39 is 12.2 Å². The number of rotatable bonds is 6. The van der Waals surface area contributed by atoms with Gasteiger partial charge in [-0.3, -0.25) is 0 Å². The van der Waals surface area contributed by atoms with Crippen LogP contribution in [0.5, 0.6) is 40.2 Å². The minimum atomic E-state index is -1.02. The molecule has 0 aromatic heterocycles. The fourth-order valence-corrected chi connectivity index (χ4v) is 6.33. The lowest BCUT2D eigenvalue weighted by molar-refractivity contribution is 0.0186. The Balaban J connectivity index is 1.52. The van der Waals surface area contributed by atoms with Gasteiger partial charge < -0.3 is 39.4 Å². The van der Waals surface area contributed by atoms with Crippen LogP contribution in [-0.4, -0.2) is 47.9 Å². The third-order valence-corrected chi connectivity index (χ3v) is 8.15. The van der Waals surface area contributed by atoms with Gasteiger partial charge >= 0.3 is 0 Å². The molecule has 0 saturated heterocycles. The second-order valence-corrected chi connectivity index (χ2v) is 10.5. The molecule has 0 radical (unpaired) electrons. The van der Waals surface area contributed by atoms with Crippen molar-refractivity contribution in [3.63, 3.8) is 0 Å². The van der Waals surface area contributed by atoms with Crippen LogP contribution >= 0.6 is 0 Å². The van der Waals surface area contributed by atoms with Crippen LogP contribution in [0.4, 0.5) is 0 Å². The van der Waals surface area contributed by atoms with Gasteiger partial charge in [0.2, 0.25) is 11.5 Å². The summed E-state index contributed by atoms with van der Waals surface area (Å²) in [5.41, 5.74) is 6.26. The summed E-state index contributed by atoms with van der Waals surface area (Å²) in [5.74, 6) is 0.646. The highest BCUT2D eigenvalue weighted by molar-refractivity contribution is 5.83. The molecule has 4 aromatic rings. The Hall–Kier alpha value is -4.56. The SMILES string of the molecule is COc1cc([C@H]2Oc3cc(OC)c4c(c3C[C@H]2O)[C@H](Cc2ccccc2)Cc2cc(O)ccc2-4)c(O)c(OC)c1O. The van der Waals surface area contributed by atoms with Crippen molar-refractivity contribution in [2.75, 3.05) is 21.3 Å². The van der Waals surface area contributed by atoms with Crippen molar-refractivity contribution in [3.05, 3.63) is 88.5 Å². The van der Waals surface area contributed by atoms with E-state index in [1.165, 1.54) is 25.8 Å². The average Bonchev–Trinajstić information content (AvgIpc) is 2.97. The highest BCUT2D eigenvalue weighted by Crippen LogP contribution is 2.54. The number of hydrogen-bond acceptors (Lipinski definition) is 8. The fraction of sp³-hybridized carbons (Fsp3) is 0.273. The summed E-state index contributed by atoms with van der Waals surface area (Å²) < 4.78 is 22.9. The number of methoxy groups -OCH3 is 3. The molecule has 3 atom stereocenters. The van der Waals surface area contributed by atoms with E-state index >= 15 is 0 Å². The summed E-state index contributed by atoms with van der Waals surface area (Å²) in [7, 11) is 4.33. The quantitative estimate of drug-likeness (QED) is 0.249. The first kappa shape index (κ1) is 26.7. The monoisotopic (exact) mass is 556 g/mol. The number of phenolic OH excluding ortho intramolecular Hbond substituents is 3. The summed E-state index contributed by atoms with van der Waals surface area (Å²) in [6, 6.07) is 18.9. The first-order valence-corrected chi connectivity index (χ1v) is 13.5. The largest absolute Gasteiger partial charge is 0.508 e. The number of benzene rings is 4. The Morgan fingerprint density at radius 3 is 2.29 bits per heavy atom. The summed E-state index contributed by atoms with van der Waals surface area (Å²) in [5, 5.41) is 43.1. The van der Waals surface area contributed by atoms with Crippen molar-refractivity contribution >= 4 is 0 Å². The molecule has 4 N–H and O–H groups in total. The van der Waals surface area contributed by atoms with Crippen LogP contribution in [0.25, 0.3) is 11.1 Å². The lowest BCUT2D eigenvalue weighted by atomic mass is 9.72. The van der Waals surface area contributed by atoms with Crippen LogP contribution < -0.4 is 18.9 Å². The highest BCUT2D eigenvalue weighted by Gasteiger charge is 2.39. The van der Waals surface area contributed by atoms with Gasteiger partial charge in [0.25, 0.3) is 0 Å². The number of ether oxygens (including phenoxy) is 4. The second kappa shape index (κ2) is 10.4. The topological polar surface area (TPSA) is 118 Å². The molecule has 1 aliphatic carbocycles. The van der Waals surface area contributed by atoms with Gasteiger partial charge in [-0.15, -0.1) is 0 Å². The Morgan fingerprint density at radius 1 is 0.829 bits per heavy atom. The molecule has 8 nitrogen and oxygen atoms in total. The molecule has 0 amide bonds. The molecule has 6 rings (SSSR count). The number of fused-ring (bicyclic) bond motifs is 5. The van der Waals surface area contributed by atoms with Gasteiger partial charge in [0.15, 0.2) is 17.6 Å². The molecule has 8 heteroatoms. The van der Waals surface area contributed by atoms with Crippen LogP contribution in [0.3, 0.4) is 0 Å². The summed E-state index contributed by atoms with van der Waals surface area (Å²) in [6.07, 6.45) is -0.291. The molecule has 212 valence electrons. The number of hydrogen-bond donors (Lipinski definition) is 4. The maximum absolute atomic E-state index is 11.5. The maximum Gasteiger partial charge on any atom is 0.207 e. The number of aliphatic hydroxyl groups is 1. The molecule has 0 saturated carbocycles. The van der Waals surface area contributed by atoms with Gasteiger partial charge in [-0.25, -0.2) is 0 Å². The number of aromatic hydroxyl groups is 3. The van der Waals surface area contributed by atoms with Gasteiger partial charge in [-0.05, 0) is 59.2 Å². The van der Waals surface area contributed by atoms with Gasteiger partial charge in [-0.1, -0.05) is 36.4 Å². The zero-order valence-corrected chi connectivity index (χ0v) is 23.0. The van der Waals surface area contributed by atoms with Gasteiger partial charge in [0.05, 0.1) is 27.4 Å². The molecule has 41 heavy (non-hydrogen) atoms. The number of aliphatic hydroxyl groups excluding tert-OH is 1. The molecular formula is C33H32O8. The average molecular weight is 557 g/mol. The minimum absolute atomic E-state index is 0.0279. The van der Waals surface area contributed by atoms with E-state index in [1.54, 1.807) is 13.2 Å². The lowest BCUT2D eigenvalue weighted by Gasteiger charge is -2.37. The standard InChI is InChI=1S/C33H32O8/c1-38-26-16-25-22(14-24(35)32(41-25)23-15-27(39-2)31(37)33(40-3)30(23)36)28-19(11-17-7-5-4-6-8-17)12-18-13-20(34)9-10-21(18)29(26)28/h4-10,13,15-16,19,24,32,34-37H,11-12,14H2,1-3H3/t19-,24-,32-/m1/s1. The molecule has 1 aliphatic heterocycles. The summed E-state index contributed by atoms with van der Waals surface area (Å²) >= 11 is 0. The van der Waals surface area contributed by atoms with Crippen molar-refractivity contribution in [3.8, 4) is 51.4 Å². The van der Waals surface area contributed by atoms with E-state index in [2.05, 4.69) is 12.1 Å². The van der Waals surface area contributed by atoms with Crippen molar-refractivity contribution in [1.82, 2.24) is 0 Å². The molecule has 2 aliphatic rings. The van der Waals surface area contributed by atoms with E-state index in [0.717, 1.165) is 34.2 Å². The van der Waals surface area contributed by atoms with Crippen LogP contribution in [0, 0.1) is 0 Å². The zero-order chi connectivity index (χ0) is 28.8. The lowest BCUT2D eigenvalue weighted by Crippen LogP contribution is -2.32. The van der Waals surface area contributed by atoms with Crippen LogP contribution in [0.15, 0.2) is 60.7 Å². The second-order valence-electron chi connectivity index (χ2n) is 10.5. The minimum Gasteiger partial charge on any atom is -0.508 e. The molecular weight excluding hydrogens is 524 g/mol. The molecule has 0 bridgehead atoms. The fourth-order valence-electron chi connectivity index (χ4n) is 6.33. The van der Waals surface area contributed by atoms with Gasteiger partial charge in [-0.2, -0.15) is 0 Å². The molecule has 0 unspecified atom stereocenters. The Labute approximate surface area is 238 Å². The smallest absolute Gasteiger partial charge is 0.207 e. The Morgan fingerprint density at radius 2 is 1.59 bits per heavy atom. The van der Waals surface area contributed by atoms with Crippen molar-refractivity contribution in [1.29, 1.82) is 0 Å². The van der Waals surface area contributed by atoms with E-state index in [9.17, 15) is 20.4 Å². The molecule has 1 heterocycles. The summed E-state index contributed by atoms with van der Waals surface area (Å²) in [4.78, 5) is 0. The van der Waals surface area contributed by atoms with Crippen molar-refractivity contribution in [2.24, 2.45) is 0 Å². The predicted octanol–water partition coefficient (Wildman–Crippen LogP) is 5.42. The zero-order valence-electron chi connectivity index (χ0n) is 23.0. The van der Waals surface area contributed by atoms with Crippen molar-refractivity contribution in [2.45, 2.75) is 37.4 Å². The Bertz CT molecular complexity index is 1610. The van der Waals surface area contributed by atoms with Crippen LogP contribution in [0.1, 0.15) is 39.8 Å². The molecule has 0 fully saturated rings. The van der Waals surface area contributed by atoms with E-state index in [1.807, 2.05) is 36.4 Å². The molecule has 4 aromatic carbocycles. The first-order chi connectivity index (χ1) is 19.8. The van der Waals surface area contributed by atoms with E-state index in [-0.39, 0.29) is 46.6 Å². The third kappa shape index (κ3) is 4.44. The van der Waals surface area contributed by atoms with Crippen LogP contribution in [0.2, 0.25) is 0 Å². The number of phenols is 3. The maximum atomic E-state index is 11.5. The highest BCUT2D eigenvalue weighted by atomic mass is 16.5. The van der Waals surface area contributed by atoms with Gasteiger partial charge in [0.1, 0.15) is 17.2 Å². The molecule has 0 spiro atoms. The Kier molecular flexibility index (Phi) is 6.79. The third-order valence-electron chi connectivity index (χ3n) is 8.15. The van der Waals surface area contributed by atoms with Crippen molar-refractivity contribution < 1.29 is 39.4 Å². The normalized spacial score (nSPS) is 18.9. The van der Waals surface area contributed by atoms with Crippen LogP contribution in [-0.2, 0) is 19.3 Å². The summed E-state index contributed by atoms with van der Waals surface area (Å²) in [6.45, 7) is 0. The van der Waals surface area contributed by atoms with Gasteiger partial charge in [0, 0.05) is 29.2 Å². The van der Waals surface area contributed by atoms with E-state index in [4.69, 9.17) is 18.9 Å². The predicted molar refractivity (Wildman–Crippen MR) is 153 cm³/mol. The first-order valence-electron chi connectivity index (χ1n) is 13.5.